The molecule has 2 aliphatic carbocycles. The van der Waals surface area contributed by atoms with Gasteiger partial charge in [-0.2, -0.15) is 0 Å². The lowest BCUT2D eigenvalue weighted by Crippen LogP contribution is -2.57. The Morgan fingerprint density at radius 3 is 2.54 bits per heavy atom. The number of nitrogens with one attached hydrogen (secondary N) is 1. The smallest absolute Gasteiger partial charge is 0.254 e. The molecule has 37 heavy (non-hydrogen) atoms. The summed E-state index contributed by atoms with van der Waals surface area (Å²) >= 11 is 1.58. The van der Waals surface area contributed by atoms with Crippen molar-refractivity contribution in [2.24, 2.45) is 11.3 Å². The molecule has 2 aromatic carbocycles. The number of Topliss-reactive ketones (excluding diaryl/α,β-unsaturated/α-hetero) is 1. The number of ether oxygens (including phenoxy) is 1. The van der Waals surface area contributed by atoms with E-state index in [2.05, 4.69) is 16.0 Å². The van der Waals surface area contributed by atoms with Gasteiger partial charge in [-0.3, -0.25) is 9.59 Å². The number of hydrogen-bond donors (Lipinski definition) is 1. The number of carbonyl (C=O) groups is 2. The Morgan fingerprint density at radius 2 is 1.84 bits per heavy atom. The van der Waals surface area contributed by atoms with Gasteiger partial charge in [-0.1, -0.05) is 24.3 Å². The lowest BCUT2D eigenvalue weighted by atomic mass is 9.49. The minimum Gasteiger partial charge on any atom is -0.497 e. The first kappa shape index (κ1) is 23.9. The lowest BCUT2D eigenvalue weighted by Gasteiger charge is -2.57. The number of rotatable bonds is 7. The molecule has 2 aromatic heterocycles. The molecule has 0 saturated heterocycles. The predicted molar refractivity (Wildman–Crippen MR) is 144 cm³/mol. The zero-order chi connectivity index (χ0) is 25.7. The van der Waals surface area contributed by atoms with Crippen molar-refractivity contribution in [3.8, 4) is 16.9 Å². The van der Waals surface area contributed by atoms with E-state index in [1.807, 2.05) is 41.9 Å². The predicted octanol–water partition coefficient (Wildman–Crippen LogP) is 6.44. The molecule has 0 bridgehead atoms. The highest BCUT2D eigenvalue weighted by Gasteiger charge is 2.54. The molecule has 0 unspecified atom stereocenters. The Hall–Kier alpha value is -3.45. The van der Waals surface area contributed by atoms with Crippen LogP contribution in [0.4, 0.5) is 4.39 Å². The second-order valence-corrected chi connectivity index (χ2v) is 11.6. The molecule has 2 aliphatic rings. The molecule has 0 atom stereocenters. The first-order valence-electron chi connectivity index (χ1n) is 12.6. The summed E-state index contributed by atoms with van der Waals surface area (Å²) in [6, 6.07) is 15.0. The number of nitrogens with zero attached hydrogens (tertiary/aromatic N) is 1. The number of amides is 1. The number of benzene rings is 2. The molecule has 6 rings (SSSR count). The van der Waals surface area contributed by atoms with E-state index in [1.165, 1.54) is 19.2 Å². The van der Waals surface area contributed by atoms with E-state index < -0.39 is 0 Å². The van der Waals surface area contributed by atoms with Crippen LogP contribution in [-0.4, -0.2) is 29.4 Å². The van der Waals surface area contributed by atoms with Crippen LogP contribution in [0.1, 0.15) is 48.5 Å². The summed E-state index contributed by atoms with van der Waals surface area (Å²) in [5.41, 5.74) is 4.71. The van der Waals surface area contributed by atoms with Crippen molar-refractivity contribution in [1.29, 1.82) is 0 Å². The normalized spacial score (nSPS) is 22.5. The summed E-state index contributed by atoms with van der Waals surface area (Å²) < 4.78 is 22.3. The molecule has 7 heteroatoms. The lowest BCUT2D eigenvalue weighted by molar-refractivity contribution is -0.134. The minimum absolute atomic E-state index is 0.0242. The van der Waals surface area contributed by atoms with E-state index in [4.69, 9.17) is 4.74 Å². The van der Waals surface area contributed by atoms with Crippen molar-refractivity contribution in [2.75, 3.05) is 7.11 Å². The second kappa shape index (κ2) is 9.14. The fraction of sp³-hybridized carbons (Fsp3) is 0.333. The topological polar surface area (TPSA) is 60.3 Å². The number of halogens is 1. The van der Waals surface area contributed by atoms with Gasteiger partial charge in [0.15, 0.2) is 0 Å². The van der Waals surface area contributed by atoms with Crippen LogP contribution in [0.15, 0.2) is 60.1 Å². The average molecular weight is 517 g/mol. The monoisotopic (exact) mass is 516 g/mol. The molecule has 2 saturated carbocycles. The number of hydrogen-bond acceptors (Lipinski definition) is 4. The maximum atomic E-state index is 13.9. The standard InChI is InChI=1S/C30H29FN2O3S/c1-18(34)22-12-30(13-22)14-24(15-30)32-29(35)26-17-37-27-7-8-33(28(26)27)16-19-3-5-20(6-4-19)21-9-23(31)11-25(10-21)36-2/h3-11,17,22,24H,12-16H2,1-2H3,(H,32,35). The Morgan fingerprint density at radius 1 is 1.08 bits per heavy atom. The van der Waals surface area contributed by atoms with Gasteiger partial charge in [0.05, 0.1) is 22.9 Å². The Bertz CT molecular complexity index is 1490. The molecule has 0 aliphatic heterocycles. The summed E-state index contributed by atoms with van der Waals surface area (Å²) in [6.07, 6.45) is 5.93. The SMILES string of the molecule is COc1cc(F)cc(-c2ccc(Cn3ccc4scc(C(=O)NC5CC6(C5)CC(C(C)=O)C6)c43)cc2)c1. The molecule has 0 radical (unpaired) electrons. The number of methoxy groups -OCH3 is 1. The fourth-order valence-corrected chi connectivity index (χ4v) is 7.05. The molecule has 1 amide bonds. The summed E-state index contributed by atoms with van der Waals surface area (Å²) in [6.45, 7) is 2.31. The summed E-state index contributed by atoms with van der Waals surface area (Å²) in [5, 5.41) is 5.17. The van der Waals surface area contributed by atoms with Gasteiger partial charge >= 0.3 is 0 Å². The van der Waals surface area contributed by atoms with Crippen LogP contribution in [-0.2, 0) is 11.3 Å². The highest BCUT2D eigenvalue weighted by molar-refractivity contribution is 7.17. The third-order valence-corrected chi connectivity index (χ3v) is 9.04. The number of ketones is 1. The van der Waals surface area contributed by atoms with E-state index in [9.17, 15) is 14.0 Å². The van der Waals surface area contributed by atoms with Crippen LogP contribution < -0.4 is 10.1 Å². The summed E-state index contributed by atoms with van der Waals surface area (Å²) in [7, 11) is 1.53. The van der Waals surface area contributed by atoms with Crippen LogP contribution in [0.2, 0.25) is 0 Å². The van der Waals surface area contributed by atoms with Crippen LogP contribution in [0.5, 0.6) is 5.75 Å². The molecule has 1 N–H and O–H groups in total. The number of thiophene rings is 1. The fourth-order valence-electron chi connectivity index (χ4n) is 6.11. The van der Waals surface area contributed by atoms with Crippen LogP contribution in [0.25, 0.3) is 21.3 Å². The van der Waals surface area contributed by atoms with Crippen LogP contribution in [0.3, 0.4) is 0 Å². The zero-order valence-corrected chi connectivity index (χ0v) is 21.7. The van der Waals surface area contributed by atoms with E-state index in [0.717, 1.165) is 52.6 Å². The Labute approximate surface area is 219 Å². The molecular formula is C30H29FN2O3S. The number of fused-ring (bicyclic) bond motifs is 1. The van der Waals surface area contributed by atoms with Crippen LogP contribution in [0, 0.1) is 17.2 Å². The van der Waals surface area contributed by atoms with Crippen LogP contribution >= 0.6 is 11.3 Å². The minimum atomic E-state index is -0.332. The molecule has 2 fully saturated rings. The van der Waals surface area contributed by atoms with E-state index >= 15 is 0 Å². The molecule has 2 heterocycles. The third kappa shape index (κ3) is 4.46. The number of carbonyl (C=O) groups excluding carboxylic acids is 2. The maximum Gasteiger partial charge on any atom is 0.254 e. The highest BCUT2D eigenvalue weighted by Crippen LogP contribution is 2.58. The van der Waals surface area contributed by atoms with Gasteiger partial charge in [-0.15, -0.1) is 11.3 Å². The quantitative estimate of drug-likeness (QED) is 0.307. The van der Waals surface area contributed by atoms with E-state index in [0.29, 0.717) is 23.6 Å². The van der Waals surface area contributed by atoms with E-state index in [1.54, 1.807) is 18.3 Å². The molecular weight excluding hydrogens is 487 g/mol. The van der Waals surface area contributed by atoms with Gasteiger partial charge < -0.3 is 14.6 Å². The molecule has 1 spiro atoms. The molecule has 5 nitrogen and oxygen atoms in total. The van der Waals surface area contributed by atoms with Gasteiger partial charge in [-0.05, 0) is 72.9 Å². The third-order valence-electron chi connectivity index (χ3n) is 8.10. The van der Waals surface area contributed by atoms with Crippen molar-refractivity contribution in [2.45, 2.75) is 45.2 Å². The molecule has 190 valence electrons. The van der Waals surface area contributed by atoms with Crippen molar-refractivity contribution in [3.63, 3.8) is 0 Å². The summed E-state index contributed by atoms with van der Waals surface area (Å²) in [5.74, 6) is 0.651. The molecule has 4 aromatic rings. The average Bonchev–Trinajstić information content (AvgIpc) is 3.42. The van der Waals surface area contributed by atoms with Gasteiger partial charge in [0.25, 0.3) is 5.91 Å². The van der Waals surface area contributed by atoms with Gasteiger partial charge in [0, 0.05) is 36.1 Å². The Balaban J connectivity index is 1.14. The van der Waals surface area contributed by atoms with Crippen molar-refractivity contribution >= 4 is 33.2 Å². The first-order valence-corrected chi connectivity index (χ1v) is 13.5. The van der Waals surface area contributed by atoms with Gasteiger partial charge in [0.2, 0.25) is 0 Å². The van der Waals surface area contributed by atoms with Crippen molar-refractivity contribution in [1.82, 2.24) is 9.88 Å². The summed E-state index contributed by atoms with van der Waals surface area (Å²) in [4.78, 5) is 24.7. The maximum absolute atomic E-state index is 13.9. The zero-order valence-electron chi connectivity index (χ0n) is 20.9. The van der Waals surface area contributed by atoms with Crippen molar-refractivity contribution < 1.29 is 18.7 Å². The largest absolute Gasteiger partial charge is 0.497 e. The number of aromatic nitrogens is 1. The highest BCUT2D eigenvalue weighted by atomic mass is 32.1. The van der Waals surface area contributed by atoms with Crippen molar-refractivity contribution in [3.05, 3.63) is 77.1 Å². The van der Waals surface area contributed by atoms with Gasteiger partial charge in [0.1, 0.15) is 17.3 Å². The Kier molecular flexibility index (Phi) is 5.91. The second-order valence-electron chi connectivity index (χ2n) is 10.7. The first-order chi connectivity index (χ1) is 17.8. The van der Waals surface area contributed by atoms with E-state index in [-0.39, 0.29) is 29.1 Å². The van der Waals surface area contributed by atoms with Gasteiger partial charge in [-0.25, -0.2) is 4.39 Å².